The standard InChI is InChI=1S/C16H24N2O3S/c1-14(2)13-15-5-7-16(8-6-15)22(19,20)18(10-4-9-17)11-12-21-3/h5-8,14H,4,10-13H2,1-3H3. The van der Waals surface area contributed by atoms with Crippen LogP contribution in [0.1, 0.15) is 25.8 Å². The van der Waals surface area contributed by atoms with Crippen molar-refractivity contribution >= 4 is 10.0 Å². The summed E-state index contributed by atoms with van der Waals surface area (Å²) in [4.78, 5) is 0.258. The van der Waals surface area contributed by atoms with E-state index < -0.39 is 10.0 Å². The second-order valence-corrected chi connectivity index (χ2v) is 7.48. The van der Waals surface area contributed by atoms with Gasteiger partial charge in [0.15, 0.2) is 0 Å². The molecule has 0 bridgehead atoms. The number of nitrogens with zero attached hydrogens (tertiary/aromatic N) is 2. The highest BCUT2D eigenvalue weighted by Gasteiger charge is 2.23. The van der Waals surface area contributed by atoms with Crippen LogP contribution in [0.4, 0.5) is 0 Å². The number of ether oxygens (including phenoxy) is 1. The maximum absolute atomic E-state index is 12.6. The molecule has 0 aliphatic heterocycles. The Hall–Kier alpha value is -1.42. The highest BCUT2D eigenvalue weighted by atomic mass is 32.2. The van der Waals surface area contributed by atoms with Crippen LogP contribution < -0.4 is 0 Å². The van der Waals surface area contributed by atoms with Crippen LogP contribution in [-0.2, 0) is 21.2 Å². The van der Waals surface area contributed by atoms with E-state index in [9.17, 15) is 8.42 Å². The molecule has 6 heteroatoms. The molecule has 1 aromatic rings. The normalized spacial score (nSPS) is 11.8. The number of rotatable bonds is 9. The Labute approximate surface area is 133 Å². The first kappa shape index (κ1) is 18.6. The average molecular weight is 324 g/mol. The Bertz CT molecular complexity index is 589. The highest BCUT2D eigenvalue weighted by Crippen LogP contribution is 2.18. The Kier molecular flexibility index (Phi) is 7.52. The minimum absolute atomic E-state index is 0.161. The van der Waals surface area contributed by atoms with E-state index in [1.54, 1.807) is 12.1 Å². The van der Waals surface area contributed by atoms with Gasteiger partial charge in [0.1, 0.15) is 0 Å². The molecule has 0 N–H and O–H groups in total. The Balaban J connectivity index is 2.95. The minimum atomic E-state index is -3.59. The number of hydrogen-bond donors (Lipinski definition) is 0. The van der Waals surface area contributed by atoms with Crippen LogP contribution in [0.2, 0.25) is 0 Å². The smallest absolute Gasteiger partial charge is 0.243 e. The second-order valence-electron chi connectivity index (χ2n) is 5.55. The lowest BCUT2D eigenvalue weighted by atomic mass is 10.0. The molecule has 0 spiro atoms. The topological polar surface area (TPSA) is 70.4 Å². The van der Waals surface area contributed by atoms with E-state index in [1.807, 2.05) is 18.2 Å². The van der Waals surface area contributed by atoms with Gasteiger partial charge < -0.3 is 4.74 Å². The fraction of sp³-hybridized carbons (Fsp3) is 0.562. The first-order chi connectivity index (χ1) is 10.4. The average Bonchev–Trinajstić information content (AvgIpc) is 2.47. The van der Waals surface area contributed by atoms with E-state index in [0.717, 1.165) is 12.0 Å². The first-order valence-corrected chi connectivity index (χ1v) is 8.80. The molecule has 0 atom stereocenters. The van der Waals surface area contributed by atoms with Gasteiger partial charge in [0.25, 0.3) is 0 Å². The van der Waals surface area contributed by atoms with Crippen LogP contribution in [0.15, 0.2) is 29.2 Å². The number of nitriles is 1. The van der Waals surface area contributed by atoms with Crippen molar-refractivity contribution in [1.82, 2.24) is 4.31 Å². The lowest BCUT2D eigenvalue weighted by Gasteiger charge is -2.21. The van der Waals surface area contributed by atoms with E-state index in [1.165, 1.54) is 11.4 Å². The lowest BCUT2D eigenvalue weighted by molar-refractivity contribution is 0.179. The maximum Gasteiger partial charge on any atom is 0.243 e. The van der Waals surface area contributed by atoms with Gasteiger partial charge in [-0.15, -0.1) is 0 Å². The third kappa shape index (κ3) is 5.41. The minimum Gasteiger partial charge on any atom is -0.383 e. The fourth-order valence-electron chi connectivity index (χ4n) is 2.14. The second kappa shape index (κ2) is 8.89. The van der Waals surface area contributed by atoms with Crippen molar-refractivity contribution in [3.05, 3.63) is 29.8 Å². The molecule has 22 heavy (non-hydrogen) atoms. The van der Waals surface area contributed by atoms with E-state index >= 15 is 0 Å². The fourth-order valence-corrected chi connectivity index (χ4v) is 3.56. The summed E-state index contributed by atoms with van der Waals surface area (Å²) in [5, 5.41) is 8.69. The van der Waals surface area contributed by atoms with Gasteiger partial charge >= 0.3 is 0 Å². The maximum atomic E-state index is 12.6. The molecule has 0 unspecified atom stereocenters. The van der Waals surface area contributed by atoms with E-state index in [4.69, 9.17) is 10.00 Å². The third-order valence-corrected chi connectivity index (χ3v) is 5.14. The zero-order chi connectivity index (χ0) is 16.6. The Morgan fingerprint density at radius 1 is 1.23 bits per heavy atom. The summed E-state index contributed by atoms with van der Waals surface area (Å²) >= 11 is 0. The molecule has 0 aliphatic rings. The van der Waals surface area contributed by atoms with Gasteiger partial charge in [0, 0.05) is 26.6 Å². The molecule has 0 aromatic heterocycles. The van der Waals surface area contributed by atoms with Crippen molar-refractivity contribution in [3.63, 3.8) is 0 Å². The molecule has 0 amide bonds. The van der Waals surface area contributed by atoms with E-state index in [2.05, 4.69) is 13.8 Å². The van der Waals surface area contributed by atoms with Crippen molar-refractivity contribution in [3.8, 4) is 6.07 Å². The zero-order valence-electron chi connectivity index (χ0n) is 13.4. The van der Waals surface area contributed by atoms with Crippen molar-refractivity contribution in [2.24, 2.45) is 5.92 Å². The molecule has 0 saturated carbocycles. The SMILES string of the molecule is COCCN(CCC#N)S(=O)(=O)c1ccc(CC(C)C)cc1. The van der Waals surface area contributed by atoms with Crippen molar-refractivity contribution < 1.29 is 13.2 Å². The van der Waals surface area contributed by atoms with Crippen LogP contribution >= 0.6 is 0 Å². The molecule has 122 valence electrons. The number of methoxy groups -OCH3 is 1. The molecule has 0 fully saturated rings. The van der Waals surface area contributed by atoms with Crippen LogP contribution in [0.5, 0.6) is 0 Å². The highest BCUT2D eigenvalue weighted by molar-refractivity contribution is 7.89. The molecule has 0 heterocycles. The van der Waals surface area contributed by atoms with Gasteiger partial charge in [-0.1, -0.05) is 26.0 Å². The van der Waals surface area contributed by atoms with Crippen LogP contribution in [0, 0.1) is 17.2 Å². The summed E-state index contributed by atoms with van der Waals surface area (Å²) in [6.07, 6.45) is 1.08. The van der Waals surface area contributed by atoms with Gasteiger partial charge in [-0.3, -0.25) is 0 Å². The monoisotopic (exact) mass is 324 g/mol. The van der Waals surface area contributed by atoms with Crippen molar-refractivity contribution in [2.75, 3.05) is 26.8 Å². The summed E-state index contributed by atoms with van der Waals surface area (Å²) in [5.41, 5.74) is 1.12. The molecule has 5 nitrogen and oxygen atoms in total. The summed E-state index contributed by atoms with van der Waals surface area (Å²) < 4.78 is 31.5. The zero-order valence-corrected chi connectivity index (χ0v) is 14.3. The van der Waals surface area contributed by atoms with Gasteiger partial charge in [-0.2, -0.15) is 9.57 Å². The van der Waals surface area contributed by atoms with Gasteiger partial charge in [0.2, 0.25) is 10.0 Å². The quantitative estimate of drug-likeness (QED) is 0.699. The summed E-state index contributed by atoms with van der Waals surface area (Å²) in [7, 11) is -2.06. The molecule has 1 rings (SSSR count). The largest absolute Gasteiger partial charge is 0.383 e. The van der Waals surface area contributed by atoms with Crippen LogP contribution in [0.3, 0.4) is 0 Å². The van der Waals surface area contributed by atoms with Gasteiger partial charge in [-0.05, 0) is 30.0 Å². The molecule has 0 radical (unpaired) electrons. The molecule has 0 aliphatic carbocycles. The molecular formula is C16H24N2O3S. The molecular weight excluding hydrogens is 300 g/mol. The summed E-state index contributed by atoms with van der Waals surface area (Å²) in [5.74, 6) is 0.524. The van der Waals surface area contributed by atoms with Crippen LogP contribution in [-0.4, -0.2) is 39.5 Å². The lowest BCUT2D eigenvalue weighted by Crippen LogP contribution is -2.34. The van der Waals surface area contributed by atoms with Gasteiger partial charge in [-0.25, -0.2) is 8.42 Å². The number of hydrogen-bond acceptors (Lipinski definition) is 4. The predicted octanol–water partition coefficient (Wildman–Crippen LogP) is 2.44. The summed E-state index contributed by atoms with van der Waals surface area (Å²) in [6.45, 7) is 4.97. The van der Waals surface area contributed by atoms with Crippen LogP contribution in [0.25, 0.3) is 0 Å². The summed E-state index contributed by atoms with van der Waals surface area (Å²) in [6, 6.07) is 8.96. The van der Waals surface area contributed by atoms with E-state index in [0.29, 0.717) is 12.5 Å². The van der Waals surface area contributed by atoms with Crippen molar-refractivity contribution in [1.29, 1.82) is 5.26 Å². The number of benzene rings is 1. The predicted molar refractivity (Wildman–Crippen MR) is 85.8 cm³/mol. The Morgan fingerprint density at radius 2 is 1.86 bits per heavy atom. The molecule has 0 saturated heterocycles. The number of sulfonamides is 1. The first-order valence-electron chi connectivity index (χ1n) is 7.36. The molecule has 1 aromatic carbocycles. The van der Waals surface area contributed by atoms with Gasteiger partial charge in [0.05, 0.1) is 17.6 Å². The Morgan fingerprint density at radius 3 is 2.36 bits per heavy atom. The van der Waals surface area contributed by atoms with E-state index in [-0.39, 0.29) is 24.4 Å². The van der Waals surface area contributed by atoms with Crippen molar-refractivity contribution in [2.45, 2.75) is 31.6 Å². The third-order valence-electron chi connectivity index (χ3n) is 3.22.